The van der Waals surface area contributed by atoms with Crippen LogP contribution in [0.15, 0.2) is 29.2 Å². The van der Waals surface area contributed by atoms with Gasteiger partial charge >= 0.3 is 0 Å². The molecule has 2 nitrogen and oxygen atoms in total. The molecule has 16 heavy (non-hydrogen) atoms. The first-order chi connectivity index (χ1) is 7.77. The Hall–Kier alpha value is -0.510. The van der Waals surface area contributed by atoms with E-state index in [1.807, 2.05) is 18.8 Å². The van der Waals surface area contributed by atoms with Gasteiger partial charge in [0.2, 0.25) is 0 Å². The molecule has 1 aromatic rings. The van der Waals surface area contributed by atoms with Gasteiger partial charge in [-0.3, -0.25) is 0 Å². The SMILES string of the molecule is CCSc1ccc(C(N)CCCNC)cc1. The number of thioether (sulfide) groups is 1. The second-order valence-corrected chi connectivity index (χ2v) is 5.19. The first-order valence-electron chi connectivity index (χ1n) is 5.91. The summed E-state index contributed by atoms with van der Waals surface area (Å²) in [5, 5.41) is 3.14. The Morgan fingerprint density at radius 3 is 2.56 bits per heavy atom. The van der Waals surface area contributed by atoms with Crippen molar-refractivity contribution in [3.63, 3.8) is 0 Å². The van der Waals surface area contributed by atoms with E-state index in [0.29, 0.717) is 0 Å². The van der Waals surface area contributed by atoms with E-state index in [1.54, 1.807) is 0 Å². The Balaban J connectivity index is 2.46. The minimum absolute atomic E-state index is 0.175. The fourth-order valence-electron chi connectivity index (χ4n) is 1.64. The van der Waals surface area contributed by atoms with Crippen molar-refractivity contribution in [2.24, 2.45) is 5.73 Å². The molecule has 1 atom stereocenters. The Kier molecular flexibility index (Phi) is 6.53. The Morgan fingerprint density at radius 2 is 2.00 bits per heavy atom. The molecule has 1 unspecified atom stereocenters. The molecule has 0 fully saturated rings. The van der Waals surface area contributed by atoms with Crippen LogP contribution >= 0.6 is 11.8 Å². The van der Waals surface area contributed by atoms with Crippen LogP contribution in [-0.4, -0.2) is 19.3 Å². The first-order valence-corrected chi connectivity index (χ1v) is 6.89. The van der Waals surface area contributed by atoms with E-state index in [9.17, 15) is 0 Å². The lowest BCUT2D eigenvalue weighted by Crippen LogP contribution is -2.14. The third-order valence-corrected chi connectivity index (χ3v) is 3.46. The van der Waals surface area contributed by atoms with Gasteiger partial charge in [0.15, 0.2) is 0 Å². The van der Waals surface area contributed by atoms with E-state index in [2.05, 4.69) is 36.5 Å². The lowest BCUT2D eigenvalue weighted by atomic mass is 10.0. The average Bonchev–Trinajstić information content (AvgIpc) is 2.30. The molecule has 0 aliphatic carbocycles. The van der Waals surface area contributed by atoms with Crippen molar-refractivity contribution in [3.8, 4) is 0 Å². The van der Waals surface area contributed by atoms with Crippen molar-refractivity contribution in [1.29, 1.82) is 0 Å². The second-order valence-electron chi connectivity index (χ2n) is 3.85. The van der Waals surface area contributed by atoms with Gasteiger partial charge in [-0.15, -0.1) is 11.8 Å². The Labute approximate surface area is 103 Å². The normalized spacial score (nSPS) is 12.7. The smallest absolute Gasteiger partial charge is 0.0295 e. The highest BCUT2D eigenvalue weighted by Gasteiger charge is 2.05. The summed E-state index contributed by atoms with van der Waals surface area (Å²) in [6, 6.07) is 8.82. The van der Waals surface area contributed by atoms with Crippen molar-refractivity contribution in [1.82, 2.24) is 5.32 Å². The summed E-state index contributed by atoms with van der Waals surface area (Å²) >= 11 is 1.87. The van der Waals surface area contributed by atoms with Gasteiger partial charge in [-0.25, -0.2) is 0 Å². The lowest BCUT2D eigenvalue weighted by molar-refractivity contribution is 0.590. The van der Waals surface area contributed by atoms with Crippen molar-refractivity contribution in [2.75, 3.05) is 19.3 Å². The Morgan fingerprint density at radius 1 is 1.31 bits per heavy atom. The highest BCUT2D eigenvalue weighted by Crippen LogP contribution is 2.21. The molecular weight excluding hydrogens is 216 g/mol. The summed E-state index contributed by atoms with van der Waals surface area (Å²) < 4.78 is 0. The molecule has 0 aliphatic rings. The van der Waals surface area contributed by atoms with E-state index in [0.717, 1.165) is 25.1 Å². The molecule has 1 aromatic carbocycles. The van der Waals surface area contributed by atoms with Crippen molar-refractivity contribution in [3.05, 3.63) is 29.8 Å². The molecule has 0 spiro atoms. The van der Waals surface area contributed by atoms with Gasteiger partial charge in [0.1, 0.15) is 0 Å². The molecule has 1 rings (SSSR count). The molecule has 0 saturated heterocycles. The summed E-state index contributed by atoms with van der Waals surface area (Å²) in [4.78, 5) is 1.33. The van der Waals surface area contributed by atoms with Crippen LogP contribution in [0.1, 0.15) is 31.4 Å². The van der Waals surface area contributed by atoms with Gasteiger partial charge in [0, 0.05) is 10.9 Å². The fraction of sp³-hybridized carbons (Fsp3) is 0.538. The van der Waals surface area contributed by atoms with Crippen LogP contribution in [-0.2, 0) is 0 Å². The minimum Gasteiger partial charge on any atom is -0.324 e. The van der Waals surface area contributed by atoms with Crippen molar-refractivity contribution in [2.45, 2.75) is 30.7 Å². The maximum absolute atomic E-state index is 6.13. The highest BCUT2D eigenvalue weighted by atomic mass is 32.2. The second kappa shape index (κ2) is 7.71. The van der Waals surface area contributed by atoms with Gasteiger partial charge in [-0.2, -0.15) is 0 Å². The maximum atomic E-state index is 6.13. The van der Waals surface area contributed by atoms with Crippen LogP contribution in [0.4, 0.5) is 0 Å². The van der Waals surface area contributed by atoms with Crippen LogP contribution < -0.4 is 11.1 Å². The van der Waals surface area contributed by atoms with Crippen LogP contribution in [0.2, 0.25) is 0 Å². The van der Waals surface area contributed by atoms with Crippen LogP contribution in [0, 0.1) is 0 Å². The third-order valence-electron chi connectivity index (χ3n) is 2.56. The predicted molar refractivity (Wildman–Crippen MR) is 72.9 cm³/mol. The quantitative estimate of drug-likeness (QED) is 0.566. The number of nitrogens with two attached hydrogens (primary N) is 1. The van der Waals surface area contributed by atoms with Gasteiger partial charge < -0.3 is 11.1 Å². The molecular formula is C13H22N2S. The van der Waals surface area contributed by atoms with Gasteiger partial charge in [0.05, 0.1) is 0 Å². The van der Waals surface area contributed by atoms with Crippen LogP contribution in [0.3, 0.4) is 0 Å². The molecule has 0 saturated carbocycles. The maximum Gasteiger partial charge on any atom is 0.0295 e. The van der Waals surface area contributed by atoms with E-state index < -0.39 is 0 Å². The van der Waals surface area contributed by atoms with Crippen molar-refractivity contribution >= 4 is 11.8 Å². The van der Waals surface area contributed by atoms with Crippen LogP contribution in [0.5, 0.6) is 0 Å². The highest BCUT2D eigenvalue weighted by molar-refractivity contribution is 7.99. The molecule has 0 amide bonds. The van der Waals surface area contributed by atoms with Gasteiger partial charge in [-0.05, 0) is 49.9 Å². The summed E-state index contributed by atoms with van der Waals surface area (Å²) in [5.41, 5.74) is 7.37. The summed E-state index contributed by atoms with van der Waals surface area (Å²) in [6.45, 7) is 3.21. The number of benzene rings is 1. The number of rotatable bonds is 7. The largest absolute Gasteiger partial charge is 0.324 e. The monoisotopic (exact) mass is 238 g/mol. The number of hydrogen-bond acceptors (Lipinski definition) is 3. The van der Waals surface area contributed by atoms with E-state index in [1.165, 1.54) is 10.5 Å². The molecule has 0 heterocycles. The first kappa shape index (κ1) is 13.6. The summed E-state index contributed by atoms with van der Waals surface area (Å²) in [5.74, 6) is 1.12. The minimum atomic E-state index is 0.175. The zero-order chi connectivity index (χ0) is 11.8. The zero-order valence-electron chi connectivity index (χ0n) is 10.2. The summed E-state index contributed by atoms with van der Waals surface area (Å²) in [6.07, 6.45) is 2.17. The molecule has 0 bridgehead atoms. The number of hydrogen-bond donors (Lipinski definition) is 2. The topological polar surface area (TPSA) is 38.0 Å². The van der Waals surface area contributed by atoms with E-state index >= 15 is 0 Å². The van der Waals surface area contributed by atoms with Gasteiger partial charge in [0.25, 0.3) is 0 Å². The van der Waals surface area contributed by atoms with Crippen molar-refractivity contribution < 1.29 is 0 Å². The molecule has 0 aromatic heterocycles. The number of nitrogens with one attached hydrogen (secondary N) is 1. The molecule has 3 N–H and O–H groups in total. The molecule has 0 radical (unpaired) electrons. The fourth-order valence-corrected chi connectivity index (χ4v) is 2.31. The lowest BCUT2D eigenvalue weighted by Gasteiger charge is -2.12. The predicted octanol–water partition coefficient (Wildman–Crippen LogP) is 2.80. The Bertz CT molecular complexity index is 284. The molecule has 90 valence electrons. The van der Waals surface area contributed by atoms with E-state index in [-0.39, 0.29) is 6.04 Å². The van der Waals surface area contributed by atoms with Gasteiger partial charge in [-0.1, -0.05) is 19.1 Å². The zero-order valence-corrected chi connectivity index (χ0v) is 11.0. The molecule has 3 heteroatoms. The van der Waals surface area contributed by atoms with Crippen LogP contribution in [0.25, 0.3) is 0 Å². The average molecular weight is 238 g/mol. The molecule has 0 aliphatic heterocycles. The summed E-state index contributed by atoms with van der Waals surface area (Å²) in [7, 11) is 1.97. The van der Waals surface area contributed by atoms with E-state index in [4.69, 9.17) is 5.73 Å². The standard InChI is InChI=1S/C13H22N2S/c1-3-16-12-8-6-11(7-9-12)13(14)5-4-10-15-2/h6-9,13,15H,3-5,10,14H2,1-2H3. The third kappa shape index (κ3) is 4.56.